The van der Waals surface area contributed by atoms with Crippen LogP contribution in [0.2, 0.25) is 5.02 Å². The fourth-order valence-corrected chi connectivity index (χ4v) is 2.16. The van der Waals surface area contributed by atoms with Gasteiger partial charge in [-0.15, -0.1) is 11.6 Å². The molecule has 5 heteroatoms. The summed E-state index contributed by atoms with van der Waals surface area (Å²) in [5.41, 5.74) is 0.132. The van der Waals surface area contributed by atoms with Gasteiger partial charge in [-0.1, -0.05) is 17.7 Å². The van der Waals surface area contributed by atoms with Crippen LogP contribution >= 0.6 is 23.2 Å². The van der Waals surface area contributed by atoms with Crippen molar-refractivity contribution in [3.05, 3.63) is 29.0 Å². The lowest BCUT2D eigenvalue weighted by Gasteiger charge is -2.17. The van der Waals surface area contributed by atoms with Crippen LogP contribution in [-0.4, -0.2) is 17.8 Å². The van der Waals surface area contributed by atoms with E-state index in [-0.39, 0.29) is 28.4 Å². The Balaban J connectivity index is 2.41. The first-order chi connectivity index (χ1) is 7.09. The van der Waals surface area contributed by atoms with Gasteiger partial charge in [0, 0.05) is 13.0 Å². The molecule has 2 rings (SSSR count). The topological polar surface area (TPSA) is 20.3 Å². The highest BCUT2D eigenvalue weighted by atomic mass is 35.5. The van der Waals surface area contributed by atoms with Gasteiger partial charge in [0.1, 0.15) is 5.82 Å². The van der Waals surface area contributed by atoms with Crippen molar-refractivity contribution < 1.29 is 9.18 Å². The van der Waals surface area contributed by atoms with E-state index in [4.69, 9.17) is 23.2 Å². The number of alkyl halides is 1. The van der Waals surface area contributed by atoms with Gasteiger partial charge >= 0.3 is 0 Å². The molecule has 1 unspecified atom stereocenters. The van der Waals surface area contributed by atoms with Crippen molar-refractivity contribution in [2.24, 2.45) is 0 Å². The third-order valence-corrected chi connectivity index (χ3v) is 2.88. The minimum Gasteiger partial charge on any atom is -0.307 e. The van der Waals surface area contributed by atoms with Crippen LogP contribution in [0.15, 0.2) is 18.2 Å². The highest BCUT2D eigenvalue weighted by Gasteiger charge is 2.31. The second-order valence-corrected chi connectivity index (χ2v) is 4.40. The summed E-state index contributed by atoms with van der Waals surface area (Å²) in [5, 5.41) is -0.0395. The maximum atomic E-state index is 13.5. The van der Waals surface area contributed by atoms with Gasteiger partial charge in [0.15, 0.2) is 0 Å². The smallest absolute Gasteiger partial charge is 0.228 e. The molecule has 1 aliphatic heterocycles. The number of amides is 1. The second kappa shape index (κ2) is 3.99. The molecule has 1 aromatic rings. The average Bonchev–Trinajstić information content (AvgIpc) is 2.45. The van der Waals surface area contributed by atoms with E-state index in [1.807, 2.05) is 0 Å². The van der Waals surface area contributed by atoms with Gasteiger partial charge in [-0.2, -0.15) is 0 Å². The maximum absolute atomic E-state index is 13.5. The Bertz CT molecular complexity index is 390. The Morgan fingerprint density at radius 2 is 2.20 bits per heavy atom. The molecular weight excluding hydrogens is 240 g/mol. The van der Waals surface area contributed by atoms with Crippen LogP contribution in [0.1, 0.15) is 6.42 Å². The zero-order valence-corrected chi connectivity index (χ0v) is 9.22. The number of hydrogen-bond donors (Lipinski definition) is 0. The number of anilines is 1. The van der Waals surface area contributed by atoms with E-state index in [0.29, 0.717) is 6.54 Å². The molecule has 0 aliphatic carbocycles. The first kappa shape index (κ1) is 10.7. The SMILES string of the molecule is O=C1CC(Cl)CN1c1c(F)cccc1Cl. The van der Waals surface area contributed by atoms with Crippen LogP contribution in [0.4, 0.5) is 10.1 Å². The van der Waals surface area contributed by atoms with Crippen LogP contribution in [0.25, 0.3) is 0 Å². The van der Waals surface area contributed by atoms with E-state index in [2.05, 4.69) is 0 Å². The van der Waals surface area contributed by atoms with Gasteiger partial charge in [0.2, 0.25) is 5.91 Å². The predicted octanol–water partition coefficient (Wildman–Crippen LogP) is 2.82. The molecule has 0 N–H and O–H groups in total. The number of hydrogen-bond acceptors (Lipinski definition) is 1. The van der Waals surface area contributed by atoms with Crippen LogP contribution in [-0.2, 0) is 4.79 Å². The van der Waals surface area contributed by atoms with Gasteiger partial charge in [-0.05, 0) is 12.1 Å². The number of benzene rings is 1. The summed E-state index contributed by atoms with van der Waals surface area (Å²) in [6.07, 6.45) is 0.228. The molecule has 0 aromatic heterocycles. The summed E-state index contributed by atoms with van der Waals surface area (Å²) in [7, 11) is 0. The van der Waals surface area contributed by atoms with E-state index in [1.54, 1.807) is 6.07 Å². The fraction of sp³-hybridized carbons (Fsp3) is 0.300. The summed E-state index contributed by atoms with van der Waals surface area (Å²) < 4.78 is 13.5. The third kappa shape index (κ3) is 1.94. The lowest BCUT2D eigenvalue weighted by atomic mass is 10.3. The normalized spacial score (nSPS) is 21.1. The highest BCUT2D eigenvalue weighted by Crippen LogP contribution is 2.32. The largest absolute Gasteiger partial charge is 0.307 e. The number of para-hydroxylation sites is 1. The first-order valence-corrected chi connectivity index (χ1v) is 5.29. The number of nitrogens with zero attached hydrogens (tertiary/aromatic N) is 1. The molecule has 15 heavy (non-hydrogen) atoms. The minimum atomic E-state index is -0.499. The van der Waals surface area contributed by atoms with Crippen molar-refractivity contribution in [1.82, 2.24) is 0 Å². The molecule has 0 saturated carbocycles. The first-order valence-electron chi connectivity index (χ1n) is 4.48. The Hall–Kier alpha value is -0.800. The van der Waals surface area contributed by atoms with E-state index in [0.717, 1.165) is 0 Å². The number of rotatable bonds is 1. The standard InChI is InChI=1S/C10H8Cl2FNO/c11-6-4-9(15)14(5-6)10-7(12)2-1-3-8(10)13/h1-3,6H,4-5H2. The van der Waals surface area contributed by atoms with Crippen LogP contribution in [0.5, 0.6) is 0 Å². The summed E-state index contributed by atoms with van der Waals surface area (Å²) in [6, 6.07) is 4.32. The highest BCUT2D eigenvalue weighted by molar-refractivity contribution is 6.34. The molecule has 0 radical (unpaired) electrons. The molecule has 1 saturated heterocycles. The predicted molar refractivity (Wildman–Crippen MR) is 58.0 cm³/mol. The summed E-state index contributed by atoms with van der Waals surface area (Å²) >= 11 is 11.7. The van der Waals surface area contributed by atoms with Gasteiger partial charge in [0.25, 0.3) is 0 Å². The third-order valence-electron chi connectivity index (χ3n) is 2.29. The van der Waals surface area contributed by atoms with E-state index < -0.39 is 5.82 Å². The van der Waals surface area contributed by atoms with Gasteiger partial charge in [-0.25, -0.2) is 4.39 Å². The average molecular weight is 248 g/mol. The zero-order chi connectivity index (χ0) is 11.0. The van der Waals surface area contributed by atoms with Crippen molar-refractivity contribution in [1.29, 1.82) is 0 Å². The van der Waals surface area contributed by atoms with Crippen molar-refractivity contribution >= 4 is 34.8 Å². The number of carbonyl (C=O) groups excluding carboxylic acids is 1. The van der Waals surface area contributed by atoms with Crippen LogP contribution in [0.3, 0.4) is 0 Å². The van der Waals surface area contributed by atoms with Crippen molar-refractivity contribution in [3.8, 4) is 0 Å². The number of carbonyl (C=O) groups is 1. The quantitative estimate of drug-likeness (QED) is 0.700. The van der Waals surface area contributed by atoms with E-state index >= 15 is 0 Å². The van der Waals surface area contributed by atoms with Crippen molar-refractivity contribution in [2.45, 2.75) is 11.8 Å². The fourth-order valence-electron chi connectivity index (χ4n) is 1.63. The molecule has 0 spiro atoms. The number of halogens is 3. The van der Waals surface area contributed by atoms with Crippen molar-refractivity contribution in [3.63, 3.8) is 0 Å². The molecule has 1 aliphatic rings. The van der Waals surface area contributed by atoms with Gasteiger partial charge in [-0.3, -0.25) is 4.79 Å². The zero-order valence-electron chi connectivity index (χ0n) is 7.71. The Kier molecular flexibility index (Phi) is 2.85. The Morgan fingerprint density at radius 3 is 2.73 bits per heavy atom. The monoisotopic (exact) mass is 247 g/mol. The van der Waals surface area contributed by atoms with Crippen LogP contribution < -0.4 is 4.90 Å². The maximum Gasteiger partial charge on any atom is 0.228 e. The van der Waals surface area contributed by atoms with Gasteiger partial charge < -0.3 is 4.90 Å². The molecule has 1 aromatic carbocycles. The van der Waals surface area contributed by atoms with Gasteiger partial charge in [0.05, 0.1) is 16.1 Å². The van der Waals surface area contributed by atoms with E-state index in [1.165, 1.54) is 17.0 Å². The summed E-state index contributed by atoms with van der Waals surface area (Å²) in [6.45, 7) is 0.307. The summed E-state index contributed by atoms with van der Waals surface area (Å²) in [4.78, 5) is 12.8. The van der Waals surface area contributed by atoms with E-state index in [9.17, 15) is 9.18 Å². The molecule has 1 heterocycles. The van der Waals surface area contributed by atoms with Crippen molar-refractivity contribution in [2.75, 3.05) is 11.4 Å². The molecule has 80 valence electrons. The molecule has 1 amide bonds. The lowest BCUT2D eigenvalue weighted by Crippen LogP contribution is -2.25. The molecular formula is C10H8Cl2FNO. The molecule has 2 nitrogen and oxygen atoms in total. The van der Waals surface area contributed by atoms with Crippen LogP contribution in [0, 0.1) is 5.82 Å². The molecule has 1 fully saturated rings. The molecule has 1 atom stereocenters. The minimum absolute atomic E-state index is 0.132. The second-order valence-electron chi connectivity index (χ2n) is 3.38. The Morgan fingerprint density at radius 1 is 1.47 bits per heavy atom. The lowest BCUT2D eigenvalue weighted by molar-refractivity contribution is -0.117. The molecule has 0 bridgehead atoms. The Labute approximate surface area is 96.6 Å². The summed E-state index contributed by atoms with van der Waals surface area (Å²) in [5.74, 6) is -0.691.